The van der Waals surface area contributed by atoms with Crippen LogP contribution in [0.2, 0.25) is 0 Å². The van der Waals surface area contributed by atoms with Crippen LogP contribution in [-0.2, 0) is 4.74 Å². The van der Waals surface area contributed by atoms with Crippen molar-refractivity contribution in [2.75, 3.05) is 32.2 Å². The lowest BCUT2D eigenvalue weighted by Crippen LogP contribution is -2.36. The zero-order chi connectivity index (χ0) is 11.9. The molecule has 0 aromatic heterocycles. The third-order valence-electron chi connectivity index (χ3n) is 1.89. The molecule has 2 nitrogen and oxygen atoms in total. The first kappa shape index (κ1) is 15.0. The lowest BCUT2D eigenvalue weighted by atomic mass is 10.3. The van der Waals surface area contributed by atoms with Crippen molar-refractivity contribution in [3.8, 4) is 0 Å². The quantitative estimate of drug-likeness (QED) is 0.506. The average molecular weight is 248 g/mol. The van der Waals surface area contributed by atoms with Crippen molar-refractivity contribution in [2.24, 2.45) is 0 Å². The molecule has 0 heterocycles. The Morgan fingerprint density at radius 3 is 2.27 bits per heavy atom. The summed E-state index contributed by atoms with van der Waals surface area (Å²) in [6.45, 7) is 3.97. The fraction of sp³-hybridized carbons (Fsp3) is 1.00. The van der Waals surface area contributed by atoms with Crippen molar-refractivity contribution >= 4 is 11.6 Å². The van der Waals surface area contributed by atoms with Gasteiger partial charge in [0.25, 0.3) is 0 Å². The summed E-state index contributed by atoms with van der Waals surface area (Å²) in [6, 6.07) is 0.262. The molecule has 0 saturated carbocycles. The molecule has 0 unspecified atom stereocenters. The van der Waals surface area contributed by atoms with E-state index in [9.17, 15) is 13.2 Å². The minimum atomic E-state index is -4.24. The van der Waals surface area contributed by atoms with Gasteiger partial charge in [0.1, 0.15) is 6.61 Å². The standard InChI is InChI=1S/C9H17ClF3NO/c1-8(2)14(4-3-10)5-6-15-7-9(11,12)13/h8H,3-7H2,1-2H3. The minimum absolute atomic E-state index is 0.0780. The van der Waals surface area contributed by atoms with Crippen molar-refractivity contribution in [2.45, 2.75) is 26.1 Å². The van der Waals surface area contributed by atoms with Crippen LogP contribution >= 0.6 is 11.6 Å². The molecule has 0 rings (SSSR count). The van der Waals surface area contributed by atoms with E-state index in [-0.39, 0.29) is 12.6 Å². The zero-order valence-electron chi connectivity index (χ0n) is 8.98. The van der Waals surface area contributed by atoms with Crippen LogP contribution in [-0.4, -0.2) is 49.3 Å². The van der Waals surface area contributed by atoms with Crippen molar-refractivity contribution in [1.82, 2.24) is 4.90 Å². The molecule has 0 aliphatic carbocycles. The fourth-order valence-corrected chi connectivity index (χ4v) is 1.32. The summed E-state index contributed by atoms with van der Waals surface area (Å²) in [5, 5.41) is 0. The molecular weight excluding hydrogens is 231 g/mol. The predicted octanol–water partition coefficient (Wildman–Crippen LogP) is 2.51. The van der Waals surface area contributed by atoms with E-state index in [1.807, 2.05) is 18.7 Å². The van der Waals surface area contributed by atoms with Crippen LogP contribution in [0.3, 0.4) is 0 Å². The van der Waals surface area contributed by atoms with Crippen LogP contribution in [0.5, 0.6) is 0 Å². The summed E-state index contributed by atoms with van der Waals surface area (Å²) < 4.78 is 39.7. The monoisotopic (exact) mass is 247 g/mol. The van der Waals surface area contributed by atoms with Gasteiger partial charge in [-0.3, -0.25) is 4.90 Å². The second-order valence-electron chi connectivity index (χ2n) is 3.49. The molecule has 0 aromatic rings. The molecule has 0 spiro atoms. The number of halogens is 4. The molecule has 0 fully saturated rings. The van der Waals surface area contributed by atoms with Gasteiger partial charge in [0, 0.05) is 25.0 Å². The van der Waals surface area contributed by atoms with Crippen molar-refractivity contribution in [1.29, 1.82) is 0 Å². The van der Waals surface area contributed by atoms with Crippen LogP contribution in [0.1, 0.15) is 13.8 Å². The highest BCUT2D eigenvalue weighted by Crippen LogP contribution is 2.14. The largest absolute Gasteiger partial charge is 0.411 e. The smallest absolute Gasteiger partial charge is 0.371 e. The molecular formula is C9H17ClF3NO. The molecule has 0 bridgehead atoms. The Kier molecular flexibility index (Phi) is 7.30. The summed E-state index contributed by atoms with van der Waals surface area (Å²) in [4.78, 5) is 1.98. The number of alkyl halides is 4. The second kappa shape index (κ2) is 7.30. The zero-order valence-corrected chi connectivity index (χ0v) is 9.74. The number of rotatable bonds is 7. The first-order valence-corrected chi connectivity index (χ1v) is 5.34. The van der Waals surface area contributed by atoms with Gasteiger partial charge in [-0.1, -0.05) is 0 Å². The molecule has 6 heteroatoms. The van der Waals surface area contributed by atoms with Gasteiger partial charge in [0.15, 0.2) is 0 Å². The fourth-order valence-electron chi connectivity index (χ4n) is 1.11. The van der Waals surface area contributed by atoms with E-state index in [0.29, 0.717) is 19.0 Å². The highest BCUT2D eigenvalue weighted by molar-refractivity contribution is 6.18. The SMILES string of the molecule is CC(C)N(CCCl)CCOCC(F)(F)F. The molecule has 15 heavy (non-hydrogen) atoms. The minimum Gasteiger partial charge on any atom is -0.371 e. The highest BCUT2D eigenvalue weighted by atomic mass is 35.5. The molecule has 0 aromatic carbocycles. The molecule has 92 valence electrons. The van der Waals surface area contributed by atoms with Gasteiger partial charge in [-0.15, -0.1) is 11.6 Å². The Hall–Kier alpha value is -0.0000000000000000555. The van der Waals surface area contributed by atoms with Gasteiger partial charge in [0.05, 0.1) is 6.61 Å². The summed E-state index contributed by atoms with van der Waals surface area (Å²) in [5.41, 5.74) is 0. The molecule has 0 atom stereocenters. The van der Waals surface area contributed by atoms with E-state index in [0.717, 1.165) is 0 Å². The number of nitrogens with zero attached hydrogens (tertiary/aromatic N) is 1. The van der Waals surface area contributed by atoms with Crippen LogP contribution in [0.15, 0.2) is 0 Å². The molecule has 0 amide bonds. The van der Waals surface area contributed by atoms with Gasteiger partial charge in [0.2, 0.25) is 0 Å². The lowest BCUT2D eigenvalue weighted by Gasteiger charge is -2.25. The van der Waals surface area contributed by atoms with Gasteiger partial charge < -0.3 is 4.74 Å². The van der Waals surface area contributed by atoms with Gasteiger partial charge in [-0.25, -0.2) is 0 Å². The Labute approximate surface area is 93.3 Å². The van der Waals surface area contributed by atoms with E-state index in [4.69, 9.17) is 11.6 Å². The van der Waals surface area contributed by atoms with E-state index in [2.05, 4.69) is 4.74 Å². The summed E-state index contributed by atoms with van der Waals surface area (Å²) >= 11 is 5.56. The molecule has 0 aliphatic rings. The third-order valence-corrected chi connectivity index (χ3v) is 2.06. The maximum atomic E-state index is 11.7. The predicted molar refractivity (Wildman–Crippen MR) is 54.3 cm³/mol. The van der Waals surface area contributed by atoms with Crippen LogP contribution < -0.4 is 0 Å². The van der Waals surface area contributed by atoms with E-state index in [1.165, 1.54) is 0 Å². The van der Waals surface area contributed by atoms with Crippen LogP contribution in [0.25, 0.3) is 0 Å². The normalized spacial score (nSPS) is 12.8. The maximum absolute atomic E-state index is 11.7. The van der Waals surface area contributed by atoms with E-state index in [1.54, 1.807) is 0 Å². The number of hydrogen-bond donors (Lipinski definition) is 0. The van der Waals surface area contributed by atoms with Gasteiger partial charge in [-0.2, -0.15) is 13.2 Å². The summed E-state index contributed by atoms with van der Waals surface area (Å²) in [5.74, 6) is 0.470. The van der Waals surface area contributed by atoms with Gasteiger partial charge >= 0.3 is 6.18 Å². The Morgan fingerprint density at radius 1 is 1.27 bits per heavy atom. The Morgan fingerprint density at radius 2 is 1.87 bits per heavy atom. The number of hydrogen-bond acceptors (Lipinski definition) is 2. The lowest BCUT2D eigenvalue weighted by molar-refractivity contribution is -0.174. The van der Waals surface area contributed by atoms with Crippen molar-refractivity contribution < 1.29 is 17.9 Å². The highest BCUT2D eigenvalue weighted by Gasteiger charge is 2.27. The van der Waals surface area contributed by atoms with E-state index < -0.39 is 12.8 Å². The Balaban J connectivity index is 3.62. The van der Waals surface area contributed by atoms with Crippen LogP contribution in [0.4, 0.5) is 13.2 Å². The van der Waals surface area contributed by atoms with Crippen LogP contribution in [0, 0.1) is 0 Å². The van der Waals surface area contributed by atoms with Crippen molar-refractivity contribution in [3.05, 3.63) is 0 Å². The van der Waals surface area contributed by atoms with Crippen molar-refractivity contribution in [3.63, 3.8) is 0 Å². The van der Waals surface area contributed by atoms with E-state index >= 15 is 0 Å². The topological polar surface area (TPSA) is 12.5 Å². The summed E-state index contributed by atoms with van der Waals surface area (Å²) in [7, 11) is 0. The Bertz CT molecular complexity index is 164. The molecule has 0 N–H and O–H groups in total. The average Bonchev–Trinajstić information content (AvgIpc) is 2.08. The molecule has 0 aliphatic heterocycles. The second-order valence-corrected chi connectivity index (χ2v) is 3.86. The first-order chi connectivity index (χ1) is 6.87. The first-order valence-electron chi connectivity index (χ1n) is 4.81. The summed E-state index contributed by atoms with van der Waals surface area (Å²) in [6.07, 6.45) is -4.24. The van der Waals surface area contributed by atoms with Gasteiger partial charge in [-0.05, 0) is 13.8 Å². The third kappa shape index (κ3) is 8.96. The maximum Gasteiger partial charge on any atom is 0.411 e. The molecule has 0 saturated heterocycles. The molecule has 0 radical (unpaired) electrons. The number of ether oxygens (including phenoxy) is 1.